The number of aromatic nitrogens is 1. The normalized spacial score (nSPS) is 25.7. The molecule has 3 rings (SSSR count). The number of piperidine rings is 1. The molecule has 1 atom stereocenters. The van der Waals surface area contributed by atoms with Crippen LogP contribution in [0.2, 0.25) is 0 Å². The molecule has 3 N–H and O–H groups in total. The highest BCUT2D eigenvalue weighted by Crippen LogP contribution is 2.26. The van der Waals surface area contributed by atoms with E-state index in [2.05, 4.69) is 27.9 Å². The first-order valence-corrected chi connectivity index (χ1v) is 10.6. The summed E-state index contributed by atoms with van der Waals surface area (Å²) in [6, 6.07) is 4.18. The quantitative estimate of drug-likeness (QED) is 0.515. The van der Waals surface area contributed by atoms with Crippen LogP contribution < -0.4 is 20.7 Å². The number of nitrogens with one attached hydrogen (secondary N) is 3. The van der Waals surface area contributed by atoms with Gasteiger partial charge in [-0.25, -0.2) is 9.98 Å². The number of hydrogen-bond donors (Lipinski definition) is 3. The van der Waals surface area contributed by atoms with Crippen LogP contribution in [0.5, 0.6) is 5.88 Å². The molecule has 0 radical (unpaired) electrons. The van der Waals surface area contributed by atoms with E-state index < -0.39 is 0 Å². The molecule has 1 aromatic rings. The number of guanidine groups is 1. The molecule has 2 aliphatic rings. The van der Waals surface area contributed by atoms with E-state index in [4.69, 9.17) is 9.73 Å². The average Bonchev–Trinajstić information content (AvgIpc) is 2.70. The fourth-order valence-electron chi connectivity index (χ4n) is 3.67. The summed E-state index contributed by atoms with van der Waals surface area (Å²) >= 11 is 0. The van der Waals surface area contributed by atoms with Gasteiger partial charge in [0.15, 0.2) is 5.96 Å². The minimum Gasteiger partial charge on any atom is -0.474 e. The minimum atomic E-state index is 0.122. The van der Waals surface area contributed by atoms with Gasteiger partial charge in [0.05, 0.1) is 6.54 Å². The lowest BCUT2D eigenvalue weighted by Gasteiger charge is -2.26. The van der Waals surface area contributed by atoms with Crippen LogP contribution in [0, 0.1) is 5.92 Å². The summed E-state index contributed by atoms with van der Waals surface area (Å²) in [5.74, 6) is 2.39. The van der Waals surface area contributed by atoms with Crippen molar-refractivity contribution >= 4 is 11.9 Å². The fraction of sp³-hybridized carbons (Fsp3) is 0.667. The Bertz CT molecular complexity index is 661. The summed E-state index contributed by atoms with van der Waals surface area (Å²) < 4.78 is 6.10. The third-order valence-corrected chi connectivity index (χ3v) is 5.42. The van der Waals surface area contributed by atoms with Crippen molar-refractivity contribution in [3.8, 4) is 5.88 Å². The number of pyridine rings is 1. The van der Waals surface area contributed by atoms with Gasteiger partial charge < -0.3 is 20.7 Å². The average molecular weight is 388 g/mol. The highest BCUT2D eigenvalue weighted by atomic mass is 16.5. The summed E-state index contributed by atoms with van der Waals surface area (Å²) in [5, 5.41) is 9.58. The van der Waals surface area contributed by atoms with Crippen molar-refractivity contribution in [2.24, 2.45) is 10.9 Å². The predicted octanol–water partition coefficient (Wildman–Crippen LogP) is 2.37. The lowest BCUT2D eigenvalue weighted by Crippen LogP contribution is -2.51. The molecule has 0 spiro atoms. The van der Waals surface area contributed by atoms with E-state index >= 15 is 0 Å². The molecule has 2 heterocycles. The van der Waals surface area contributed by atoms with Crippen LogP contribution in [-0.2, 0) is 11.3 Å². The molecular formula is C21H33N5O2. The molecule has 28 heavy (non-hydrogen) atoms. The van der Waals surface area contributed by atoms with Gasteiger partial charge in [0, 0.05) is 37.8 Å². The molecule has 1 saturated heterocycles. The Balaban J connectivity index is 1.55. The van der Waals surface area contributed by atoms with Crippen LogP contribution in [0.4, 0.5) is 0 Å². The van der Waals surface area contributed by atoms with Gasteiger partial charge in [-0.1, -0.05) is 6.92 Å². The summed E-state index contributed by atoms with van der Waals surface area (Å²) in [4.78, 5) is 20.4. The number of rotatable bonds is 6. The molecule has 7 heteroatoms. The molecule has 154 valence electrons. The number of amides is 1. The number of aliphatic imine (C=N–C) groups is 1. The highest BCUT2D eigenvalue weighted by molar-refractivity contribution is 5.81. The molecule has 1 unspecified atom stereocenters. The van der Waals surface area contributed by atoms with Crippen molar-refractivity contribution in [1.29, 1.82) is 0 Å². The Morgan fingerprint density at radius 3 is 2.86 bits per heavy atom. The fourth-order valence-corrected chi connectivity index (χ4v) is 3.67. The van der Waals surface area contributed by atoms with Gasteiger partial charge in [0.25, 0.3) is 0 Å². The standard InChI is InChI=1S/C21H33N5O2/c1-3-22-21(26-17-6-9-19(27)24-14-17)25-13-16-10-11-23-20(12-16)28-18-7-4-15(2)5-8-18/h10-12,15,17-18H,3-9,13-14H2,1-2H3,(H,24,27)(H2,22,25,26). The summed E-state index contributed by atoms with van der Waals surface area (Å²) in [6.07, 6.45) is 8.13. The van der Waals surface area contributed by atoms with Crippen molar-refractivity contribution in [3.63, 3.8) is 0 Å². The molecule has 1 saturated carbocycles. The number of nitrogens with zero attached hydrogens (tertiary/aromatic N) is 2. The van der Waals surface area contributed by atoms with E-state index in [1.165, 1.54) is 12.8 Å². The summed E-state index contributed by atoms with van der Waals surface area (Å²) in [7, 11) is 0. The predicted molar refractivity (Wildman–Crippen MR) is 110 cm³/mol. The Labute approximate surface area is 167 Å². The zero-order valence-corrected chi connectivity index (χ0v) is 17.0. The van der Waals surface area contributed by atoms with Crippen molar-refractivity contribution in [1.82, 2.24) is 20.9 Å². The van der Waals surface area contributed by atoms with Crippen LogP contribution in [-0.4, -0.2) is 42.1 Å². The zero-order valence-electron chi connectivity index (χ0n) is 17.0. The zero-order chi connectivity index (χ0) is 19.8. The largest absolute Gasteiger partial charge is 0.474 e. The van der Waals surface area contributed by atoms with E-state index in [0.717, 1.165) is 43.2 Å². The third kappa shape index (κ3) is 6.39. The topological polar surface area (TPSA) is 87.6 Å². The van der Waals surface area contributed by atoms with E-state index in [-0.39, 0.29) is 18.1 Å². The molecule has 1 aliphatic heterocycles. The highest BCUT2D eigenvalue weighted by Gasteiger charge is 2.20. The molecule has 1 aliphatic carbocycles. The number of carbonyl (C=O) groups excluding carboxylic acids is 1. The first-order chi connectivity index (χ1) is 13.6. The van der Waals surface area contributed by atoms with Crippen LogP contribution in [0.1, 0.15) is 57.9 Å². The van der Waals surface area contributed by atoms with Gasteiger partial charge in [-0.05, 0) is 56.6 Å². The van der Waals surface area contributed by atoms with Gasteiger partial charge in [-0.2, -0.15) is 0 Å². The smallest absolute Gasteiger partial charge is 0.220 e. The molecule has 1 amide bonds. The maximum absolute atomic E-state index is 11.3. The molecule has 2 fully saturated rings. The van der Waals surface area contributed by atoms with Crippen molar-refractivity contribution in [2.75, 3.05) is 13.1 Å². The minimum absolute atomic E-state index is 0.122. The first-order valence-electron chi connectivity index (χ1n) is 10.6. The van der Waals surface area contributed by atoms with Gasteiger partial charge in [0.2, 0.25) is 11.8 Å². The van der Waals surface area contributed by atoms with Crippen LogP contribution in [0.25, 0.3) is 0 Å². The molecule has 1 aromatic heterocycles. The van der Waals surface area contributed by atoms with Crippen molar-refractivity contribution in [2.45, 2.75) is 71.1 Å². The molecular weight excluding hydrogens is 354 g/mol. The second-order valence-corrected chi connectivity index (χ2v) is 7.88. The first kappa shape index (κ1) is 20.4. The number of hydrogen-bond acceptors (Lipinski definition) is 4. The van der Waals surface area contributed by atoms with Crippen LogP contribution >= 0.6 is 0 Å². The summed E-state index contributed by atoms with van der Waals surface area (Å²) in [6.45, 7) is 6.33. The lowest BCUT2D eigenvalue weighted by molar-refractivity contribution is -0.122. The Hall–Kier alpha value is -2.31. The monoisotopic (exact) mass is 387 g/mol. The van der Waals surface area contributed by atoms with Gasteiger partial charge in [-0.15, -0.1) is 0 Å². The van der Waals surface area contributed by atoms with E-state index in [9.17, 15) is 4.79 Å². The third-order valence-electron chi connectivity index (χ3n) is 5.42. The van der Waals surface area contributed by atoms with Crippen molar-refractivity contribution < 1.29 is 9.53 Å². The van der Waals surface area contributed by atoms with Gasteiger partial charge >= 0.3 is 0 Å². The second kappa shape index (κ2) is 10.3. The Kier molecular flexibility index (Phi) is 7.51. The lowest BCUT2D eigenvalue weighted by atomic mass is 9.89. The Morgan fingerprint density at radius 2 is 2.14 bits per heavy atom. The SMILES string of the molecule is CCNC(=NCc1ccnc(OC2CCC(C)CC2)c1)NC1CCC(=O)NC1. The molecule has 7 nitrogen and oxygen atoms in total. The summed E-state index contributed by atoms with van der Waals surface area (Å²) in [5.41, 5.74) is 1.07. The second-order valence-electron chi connectivity index (χ2n) is 7.88. The van der Waals surface area contributed by atoms with E-state index in [1.807, 2.05) is 19.1 Å². The maximum Gasteiger partial charge on any atom is 0.220 e. The van der Waals surface area contributed by atoms with E-state index in [1.54, 1.807) is 6.20 Å². The molecule has 0 bridgehead atoms. The van der Waals surface area contributed by atoms with Crippen LogP contribution in [0.15, 0.2) is 23.3 Å². The Morgan fingerprint density at radius 1 is 1.32 bits per heavy atom. The van der Waals surface area contributed by atoms with Crippen LogP contribution in [0.3, 0.4) is 0 Å². The maximum atomic E-state index is 11.3. The van der Waals surface area contributed by atoms with Crippen molar-refractivity contribution in [3.05, 3.63) is 23.9 Å². The van der Waals surface area contributed by atoms with E-state index in [0.29, 0.717) is 25.4 Å². The van der Waals surface area contributed by atoms with Gasteiger partial charge in [-0.3, -0.25) is 4.79 Å². The van der Waals surface area contributed by atoms with Gasteiger partial charge in [0.1, 0.15) is 6.10 Å². The number of carbonyl (C=O) groups is 1. The number of ether oxygens (including phenoxy) is 1. The molecule has 0 aromatic carbocycles.